The van der Waals surface area contributed by atoms with Crippen molar-refractivity contribution in [3.05, 3.63) is 79.9 Å². The monoisotopic (exact) mass is 381 g/mol. The molecule has 0 saturated heterocycles. The molecule has 0 aliphatic rings. The van der Waals surface area contributed by atoms with Crippen LogP contribution >= 0.6 is 0 Å². The maximum atomic E-state index is 13.6. The fourth-order valence-electron chi connectivity index (χ4n) is 1.72. The zero-order valence-corrected chi connectivity index (χ0v) is 12.6. The van der Waals surface area contributed by atoms with E-state index < -0.39 is 61.6 Å². The van der Waals surface area contributed by atoms with E-state index in [9.17, 15) is 41.0 Å². The van der Waals surface area contributed by atoms with Crippen LogP contribution in [0.15, 0.2) is 34.2 Å². The van der Waals surface area contributed by atoms with Gasteiger partial charge < -0.3 is 4.55 Å². The Balaban J connectivity index is 2.62. The van der Waals surface area contributed by atoms with Crippen molar-refractivity contribution in [2.45, 2.75) is 4.90 Å². The van der Waals surface area contributed by atoms with Crippen LogP contribution in [-0.2, 0) is 11.2 Å². The fourth-order valence-corrected chi connectivity index (χ4v) is 2.71. The predicted molar refractivity (Wildman–Crippen MR) is 74.0 cm³/mol. The van der Waals surface area contributed by atoms with Gasteiger partial charge >= 0.3 is 5.03 Å². The summed E-state index contributed by atoms with van der Waals surface area (Å²) in [4.78, 5) is 9.39. The Hall–Kier alpha value is -2.53. The molecule has 2 rings (SSSR count). The van der Waals surface area contributed by atoms with Gasteiger partial charge in [-0.1, -0.05) is 0 Å². The van der Waals surface area contributed by atoms with E-state index in [2.05, 4.69) is 0 Å². The summed E-state index contributed by atoms with van der Waals surface area (Å²) in [5.74, 6) is -12.4. The minimum Gasteiger partial charge on any atom is -0.602 e. The zero-order valence-electron chi connectivity index (χ0n) is 11.7. The second-order valence-electron chi connectivity index (χ2n) is 4.45. The molecule has 2 aromatic carbocycles. The normalized spacial score (nSPS) is 13.0. The van der Waals surface area contributed by atoms with Crippen LogP contribution in [0.5, 0.6) is 0 Å². The molecule has 0 aliphatic heterocycles. The number of nitro groups is 1. The Bertz CT molecular complexity index is 843. The molecule has 0 saturated carbocycles. The molecular formula is C14H5F6NO3S. The summed E-state index contributed by atoms with van der Waals surface area (Å²) in [5.41, 5.74) is -1.61. The number of hydrogen-bond donors (Lipinski definition) is 0. The molecule has 0 spiro atoms. The average Bonchev–Trinajstić information content (AvgIpc) is 2.58. The molecule has 1 unspecified atom stereocenters. The van der Waals surface area contributed by atoms with Gasteiger partial charge in [-0.05, 0) is 24.3 Å². The van der Waals surface area contributed by atoms with Gasteiger partial charge in [0, 0.05) is 0 Å². The summed E-state index contributed by atoms with van der Waals surface area (Å²) in [7, 11) is 0. The van der Waals surface area contributed by atoms with E-state index in [1.165, 1.54) is 0 Å². The average molecular weight is 381 g/mol. The van der Waals surface area contributed by atoms with Gasteiger partial charge in [-0.25, -0.2) is 26.3 Å². The summed E-state index contributed by atoms with van der Waals surface area (Å²) in [6, 6.07) is 3.45. The second kappa shape index (κ2) is 7.15. The highest BCUT2D eigenvalue weighted by atomic mass is 32.2. The van der Waals surface area contributed by atoms with E-state index in [4.69, 9.17) is 0 Å². The molecule has 0 aliphatic carbocycles. The van der Waals surface area contributed by atoms with Crippen molar-refractivity contribution < 1.29 is 35.8 Å². The van der Waals surface area contributed by atoms with E-state index in [0.717, 1.165) is 24.3 Å². The van der Waals surface area contributed by atoms with Gasteiger partial charge in [0.05, 0.1) is 22.8 Å². The molecule has 1 atom stereocenters. The smallest absolute Gasteiger partial charge is 0.446 e. The Morgan fingerprint density at radius 3 is 1.76 bits per heavy atom. The first kappa shape index (κ1) is 18.8. The van der Waals surface area contributed by atoms with Crippen molar-refractivity contribution in [3.8, 4) is 0 Å². The first-order chi connectivity index (χ1) is 11.6. The highest BCUT2D eigenvalue weighted by Crippen LogP contribution is 2.28. The number of halogens is 6. The molecule has 25 heavy (non-hydrogen) atoms. The number of hydrogen-bond acceptors (Lipinski definition) is 3. The van der Waals surface area contributed by atoms with Crippen molar-refractivity contribution in [1.82, 2.24) is 0 Å². The molecular weight excluding hydrogens is 376 g/mol. The van der Waals surface area contributed by atoms with E-state index in [1.807, 2.05) is 0 Å². The van der Waals surface area contributed by atoms with E-state index in [0.29, 0.717) is 0 Å². The van der Waals surface area contributed by atoms with Gasteiger partial charge in [-0.2, -0.15) is 0 Å². The van der Waals surface area contributed by atoms with Crippen molar-refractivity contribution in [2.75, 3.05) is 0 Å². The summed E-state index contributed by atoms with van der Waals surface area (Å²) < 4.78 is 91.4. The van der Waals surface area contributed by atoms with E-state index >= 15 is 0 Å². The summed E-state index contributed by atoms with van der Waals surface area (Å²) in [5, 5.41) is 9.66. The van der Waals surface area contributed by atoms with Crippen molar-refractivity contribution in [2.24, 2.45) is 0 Å². The van der Waals surface area contributed by atoms with Crippen LogP contribution in [-0.4, -0.2) is 9.48 Å². The number of nitrogens with zero attached hydrogens (tertiary/aromatic N) is 1. The Labute approximate surface area is 138 Å². The van der Waals surface area contributed by atoms with Crippen LogP contribution in [0.1, 0.15) is 5.56 Å². The van der Waals surface area contributed by atoms with Crippen molar-refractivity contribution >= 4 is 17.3 Å². The van der Waals surface area contributed by atoms with E-state index in [1.54, 1.807) is 0 Å². The van der Waals surface area contributed by atoms with Gasteiger partial charge in [0.1, 0.15) is 10.7 Å². The van der Waals surface area contributed by atoms with Crippen LogP contribution in [0, 0.1) is 45.0 Å². The zero-order chi connectivity index (χ0) is 18.9. The minimum absolute atomic E-state index is 0.0181. The quantitative estimate of drug-likeness (QED) is 0.201. The molecule has 2 aromatic rings. The number of benzene rings is 2. The fraction of sp³-hybridized carbons (Fsp3) is 0. The molecule has 0 amide bonds. The van der Waals surface area contributed by atoms with Crippen LogP contribution in [0.25, 0.3) is 6.08 Å². The molecule has 132 valence electrons. The van der Waals surface area contributed by atoms with Gasteiger partial charge in [-0.15, -0.1) is 0 Å². The minimum atomic E-state index is -2.67. The standard InChI is InChI=1S/C14H5F6NO3S/c15-6-1-3-7(4-2-6)25(24)9(21(22)23)5-8-10(16)12(18)14(20)13(19)11(8)17/h1-5H. The highest BCUT2D eigenvalue weighted by Gasteiger charge is 2.33. The third-order valence-corrected chi connectivity index (χ3v) is 4.26. The molecule has 0 heterocycles. The Morgan fingerprint density at radius 1 is 0.880 bits per heavy atom. The van der Waals surface area contributed by atoms with Crippen LogP contribution in [0.3, 0.4) is 0 Å². The molecule has 0 fully saturated rings. The lowest BCUT2D eigenvalue weighted by Gasteiger charge is -2.08. The largest absolute Gasteiger partial charge is 0.602 e. The molecule has 0 aromatic heterocycles. The maximum Gasteiger partial charge on any atom is 0.446 e. The predicted octanol–water partition coefficient (Wildman–Crippen LogP) is 3.90. The van der Waals surface area contributed by atoms with Gasteiger partial charge in [0.2, 0.25) is 5.82 Å². The number of rotatable bonds is 4. The summed E-state index contributed by atoms with van der Waals surface area (Å²) >= 11 is -2.67. The topological polar surface area (TPSA) is 66.2 Å². The van der Waals surface area contributed by atoms with Crippen LogP contribution < -0.4 is 0 Å². The molecule has 4 nitrogen and oxygen atoms in total. The molecule has 0 bridgehead atoms. The van der Waals surface area contributed by atoms with Crippen molar-refractivity contribution in [3.63, 3.8) is 0 Å². The van der Waals surface area contributed by atoms with E-state index in [-0.39, 0.29) is 11.0 Å². The lowest BCUT2D eigenvalue weighted by atomic mass is 10.1. The third kappa shape index (κ3) is 3.61. The molecule has 0 radical (unpaired) electrons. The third-order valence-electron chi connectivity index (χ3n) is 2.91. The second-order valence-corrected chi connectivity index (χ2v) is 5.87. The highest BCUT2D eigenvalue weighted by molar-refractivity contribution is 7.95. The Morgan fingerprint density at radius 2 is 1.32 bits per heavy atom. The first-order valence-electron chi connectivity index (χ1n) is 6.20. The lowest BCUT2D eigenvalue weighted by molar-refractivity contribution is -0.410. The van der Waals surface area contributed by atoms with Gasteiger partial charge in [0.15, 0.2) is 28.2 Å². The first-order valence-corrected chi connectivity index (χ1v) is 7.35. The van der Waals surface area contributed by atoms with Gasteiger partial charge in [-0.3, -0.25) is 10.1 Å². The van der Waals surface area contributed by atoms with Gasteiger partial charge in [0.25, 0.3) is 0 Å². The van der Waals surface area contributed by atoms with Crippen LogP contribution in [0.4, 0.5) is 26.3 Å². The van der Waals surface area contributed by atoms with Crippen molar-refractivity contribution in [1.29, 1.82) is 0 Å². The molecule has 0 N–H and O–H groups in total. The molecule has 11 heteroatoms. The SMILES string of the molecule is O=[N+]([O-])C(=Cc1c(F)c(F)c(F)c(F)c1F)[S+]([O-])c1ccc(F)cc1. The maximum absolute atomic E-state index is 13.6. The summed E-state index contributed by atoms with van der Waals surface area (Å²) in [6.07, 6.45) is -0.0181. The summed E-state index contributed by atoms with van der Waals surface area (Å²) in [6.45, 7) is 0. The Kier molecular flexibility index (Phi) is 5.38. The lowest BCUT2D eigenvalue weighted by Crippen LogP contribution is -2.14. The van der Waals surface area contributed by atoms with Crippen LogP contribution in [0.2, 0.25) is 0 Å².